The molecule has 3 aromatic rings. The van der Waals surface area contributed by atoms with Crippen molar-refractivity contribution in [3.8, 4) is 10.7 Å². The number of thioether (sulfide) groups is 1. The van der Waals surface area contributed by atoms with Crippen LogP contribution >= 0.6 is 23.1 Å². The Kier molecular flexibility index (Phi) is 5.89. The van der Waals surface area contributed by atoms with Crippen LogP contribution in [-0.4, -0.2) is 37.9 Å². The Bertz CT molecular complexity index is 1100. The van der Waals surface area contributed by atoms with Crippen LogP contribution in [0.25, 0.3) is 10.7 Å². The summed E-state index contributed by atoms with van der Waals surface area (Å²) in [6, 6.07) is 10.7. The van der Waals surface area contributed by atoms with E-state index < -0.39 is 0 Å². The van der Waals surface area contributed by atoms with Gasteiger partial charge in [-0.05, 0) is 54.4 Å². The van der Waals surface area contributed by atoms with Crippen LogP contribution < -0.4 is 0 Å². The van der Waals surface area contributed by atoms with E-state index in [4.69, 9.17) is 0 Å². The van der Waals surface area contributed by atoms with Crippen molar-refractivity contribution < 1.29 is 4.79 Å². The van der Waals surface area contributed by atoms with Crippen LogP contribution in [0.3, 0.4) is 0 Å². The standard InChI is InChI=1S/C24H28N4OS2/c1-3-16-8-9-20-19(12-16)13-21(31-20)23-25-26-24(27(23)2)30-15-22(29)28-11-10-17-6-4-5-7-18(17)14-28/h4-7,13,16H,3,8-12,14-15H2,1-2H3. The van der Waals surface area contributed by atoms with E-state index >= 15 is 0 Å². The van der Waals surface area contributed by atoms with Gasteiger partial charge in [-0.1, -0.05) is 49.4 Å². The maximum atomic E-state index is 12.8. The summed E-state index contributed by atoms with van der Waals surface area (Å²) in [7, 11) is 2.01. The van der Waals surface area contributed by atoms with E-state index in [1.54, 1.807) is 0 Å². The fraction of sp³-hybridized carbons (Fsp3) is 0.458. The number of amides is 1. The zero-order valence-electron chi connectivity index (χ0n) is 18.1. The molecule has 0 N–H and O–H groups in total. The smallest absolute Gasteiger partial charge is 0.233 e. The average Bonchev–Trinajstić information content (AvgIpc) is 3.39. The summed E-state index contributed by atoms with van der Waals surface area (Å²) in [6.45, 7) is 3.79. The molecule has 0 radical (unpaired) electrons. The third kappa shape index (κ3) is 4.17. The molecule has 0 fully saturated rings. The lowest BCUT2D eigenvalue weighted by molar-refractivity contribution is -0.129. The van der Waals surface area contributed by atoms with E-state index in [1.807, 2.05) is 33.9 Å². The quantitative estimate of drug-likeness (QED) is 0.525. The van der Waals surface area contributed by atoms with Crippen LogP contribution in [0.2, 0.25) is 0 Å². The number of rotatable bonds is 5. The SMILES string of the molecule is CCC1CCc2sc(-c3nnc(SCC(=O)N4CCc5ccccc5C4)n3C)cc2C1. The van der Waals surface area contributed by atoms with Crippen molar-refractivity contribution in [2.24, 2.45) is 13.0 Å². The summed E-state index contributed by atoms with van der Waals surface area (Å²) in [5.41, 5.74) is 4.12. The average molecular weight is 453 g/mol. The summed E-state index contributed by atoms with van der Waals surface area (Å²) in [5, 5.41) is 9.67. The van der Waals surface area contributed by atoms with Crippen LogP contribution in [-0.2, 0) is 37.6 Å². The van der Waals surface area contributed by atoms with Gasteiger partial charge in [0, 0.05) is 25.0 Å². The van der Waals surface area contributed by atoms with Gasteiger partial charge in [-0.15, -0.1) is 21.5 Å². The molecule has 1 aliphatic carbocycles. The number of hydrogen-bond acceptors (Lipinski definition) is 5. The monoisotopic (exact) mass is 452 g/mol. The van der Waals surface area contributed by atoms with Crippen LogP contribution in [0.5, 0.6) is 0 Å². The molecule has 1 amide bonds. The second-order valence-corrected chi connectivity index (χ2v) is 10.6. The van der Waals surface area contributed by atoms with Gasteiger partial charge in [-0.2, -0.15) is 0 Å². The van der Waals surface area contributed by atoms with E-state index in [9.17, 15) is 4.79 Å². The Morgan fingerprint density at radius 2 is 2.03 bits per heavy atom. The molecule has 0 bridgehead atoms. The molecule has 162 valence electrons. The van der Waals surface area contributed by atoms with Gasteiger partial charge in [0.1, 0.15) is 0 Å². The number of carbonyl (C=O) groups excluding carboxylic acids is 1. The number of aryl methyl sites for hydroxylation is 1. The minimum absolute atomic E-state index is 0.168. The molecule has 5 nitrogen and oxygen atoms in total. The molecule has 3 heterocycles. The van der Waals surface area contributed by atoms with Gasteiger partial charge in [0.15, 0.2) is 11.0 Å². The molecule has 1 aliphatic heterocycles. The van der Waals surface area contributed by atoms with Gasteiger partial charge in [0.25, 0.3) is 0 Å². The first kappa shape index (κ1) is 20.8. The largest absolute Gasteiger partial charge is 0.337 e. The van der Waals surface area contributed by atoms with Gasteiger partial charge in [0.2, 0.25) is 5.91 Å². The van der Waals surface area contributed by atoms with E-state index in [0.29, 0.717) is 12.3 Å². The molecule has 2 aromatic heterocycles. The Morgan fingerprint density at radius 1 is 1.19 bits per heavy atom. The van der Waals surface area contributed by atoms with Crippen molar-refractivity contribution >= 4 is 29.0 Å². The van der Waals surface area contributed by atoms with Gasteiger partial charge >= 0.3 is 0 Å². The Balaban J connectivity index is 1.24. The topological polar surface area (TPSA) is 51.0 Å². The molecule has 0 saturated heterocycles. The molecular formula is C24H28N4OS2. The number of nitrogens with zero attached hydrogens (tertiary/aromatic N) is 4. The molecule has 1 aromatic carbocycles. The highest BCUT2D eigenvalue weighted by Crippen LogP contribution is 2.38. The van der Waals surface area contributed by atoms with Crippen molar-refractivity contribution in [3.05, 3.63) is 51.9 Å². The lowest BCUT2D eigenvalue weighted by Crippen LogP contribution is -2.37. The lowest BCUT2D eigenvalue weighted by atomic mass is 9.87. The summed E-state index contributed by atoms with van der Waals surface area (Å²) >= 11 is 3.35. The van der Waals surface area contributed by atoms with Gasteiger partial charge in [0.05, 0.1) is 10.6 Å². The molecule has 1 atom stereocenters. The second-order valence-electron chi connectivity index (χ2n) is 8.56. The first-order valence-corrected chi connectivity index (χ1v) is 12.9. The van der Waals surface area contributed by atoms with Crippen LogP contribution in [0.4, 0.5) is 0 Å². The molecule has 31 heavy (non-hydrogen) atoms. The first-order valence-electron chi connectivity index (χ1n) is 11.1. The minimum Gasteiger partial charge on any atom is -0.337 e. The highest BCUT2D eigenvalue weighted by Gasteiger charge is 2.24. The van der Waals surface area contributed by atoms with Crippen molar-refractivity contribution in [1.29, 1.82) is 0 Å². The van der Waals surface area contributed by atoms with E-state index in [2.05, 4.69) is 41.4 Å². The van der Waals surface area contributed by atoms with Crippen LogP contribution in [0.15, 0.2) is 35.5 Å². The predicted octanol–water partition coefficient (Wildman–Crippen LogP) is 4.74. The molecule has 2 aliphatic rings. The predicted molar refractivity (Wildman–Crippen MR) is 126 cm³/mol. The second kappa shape index (κ2) is 8.79. The number of hydrogen-bond donors (Lipinski definition) is 0. The first-order chi connectivity index (χ1) is 15.1. The van der Waals surface area contributed by atoms with Crippen molar-refractivity contribution in [3.63, 3.8) is 0 Å². The summed E-state index contributed by atoms with van der Waals surface area (Å²) < 4.78 is 2.04. The Labute approximate surface area is 191 Å². The molecule has 0 saturated carbocycles. The highest BCUT2D eigenvalue weighted by atomic mass is 32.2. The molecular weight excluding hydrogens is 424 g/mol. The van der Waals surface area contributed by atoms with Crippen molar-refractivity contribution in [2.45, 2.75) is 50.7 Å². The number of fused-ring (bicyclic) bond motifs is 2. The van der Waals surface area contributed by atoms with Crippen LogP contribution in [0.1, 0.15) is 41.3 Å². The fourth-order valence-electron chi connectivity index (χ4n) is 4.64. The van der Waals surface area contributed by atoms with Crippen molar-refractivity contribution in [2.75, 3.05) is 12.3 Å². The maximum Gasteiger partial charge on any atom is 0.233 e. The third-order valence-corrected chi connectivity index (χ3v) is 8.86. The zero-order chi connectivity index (χ0) is 21.4. The fourth-order valence-corrected chi connectivity index (χ4v) is 6.68. The number of benzene rings is 1. The molecule has 0 spiro atoms. The summed E-state index contributed by atoms with van der Waals surface area (Å²) in [6.07, 6.45) is 5.86. The Hall–Kier alpha value is -2.12. The van der Waals surface area contributed by atoms with Gasteiger partial charge in [-0.3, -0.25) is 4.79 Å². The van der Waals surface area contributed by atoms with Gasteiger partial charge in [-0.25, -0.2) is 0 Å². The highest BCUT2D eigenvalue weighted by molar-refractivity contribution is 7.99. The van der Waals surface area contributed by atoms with Crippen LogP contribution in [0, 0.1) is 5.92 Å². The lowest BCUT2D eigenvalue weighted by Gasteiger charge is -2.28. The number of aromatic nitrogens is 3. The summed E-state index contributed by atoms with van der Waals surface area (Å²) in [4.78, 5) is 17.5. The third-order valence-electron chi connectivity index (χ3n) is 6.63. The Morgan fingerprint density at radius 3 is 2.87 bits per heavy atom. The maximum absolute atomic E-state index is 12.8. The van der Waals surface area contributed by atoms with Gasteiger partial charge < -0.3 is 9.47 Å². The van der Waals surface area contributed by atoms with E-state index in [0.717, 1.165) is 29.9 Å². The minimum atomic E-state index is 0.168. The number of thiophene rings is 1. The number of carbonyl (C=O) groups is 1. The van der Waals surface area contributed by atoms with Crippen molar-refractivity contribution in [1.82, 2.24) is 19.7 Å². The summed E-state index contributed by atoms with van der Waals surface area (Å²) in [5.74, 6) is 2.29. The molecule has 5 rings (SSSR count). The normalized spacial score (nSPS) is 18.0. The van der Waals surface area contributed by atoms with E-state index in [1.165, 1.54) is 63.9 Å². The van der Waals surface area contributed by atoms with E-state index in [-0.39, 0.29) is 5.91 Å². The zero-order valence-corrected chi connectivity index (χ0v) is 19.8. The molecule has 1 unspecified atom stereocenters. The molecule has 7 heteroatoms.